The summed E-state index contributed by atoms with van der Waals surface area (Å²) >= 11 is 0. The first kappa shape index (κ1) is 35.1. The molecule has 0 spiro atoms. The lowest BCUT2D eigenvalue weighted by molar-refractivity contribution is 0.734. The third kappa shape index (κ3) is 6.15. The third-order valence-corrected chi connectivity index (χ3v) is 12.4. The molecule has 4 heteroatoms. The van der Waals surface area contributed by atoms with Crippen LogP contribution in [-0.2, 0) is 19.4 Å². The molecule has 2 aliphatic carbocycles. The predicted molar refractivity (Wildman–Crippen MR) is 247 cm³/mol. The average Bonchev–Trinajstić information content (AvgIpc) is 3.82. The van der Waals surface area contributed by atoms with Crippen LogP contribution in [0.15, 0.2) is 192 Å². The van der Waals surface area contributed by atoms with Gasteiger partial charge in [-0.1, -0.05) is 134 Å². The standard InChI is InChI=1S/C55H44N4/c1-36-24-26-39(27-25-36)37(2)57-55(56-35-38-14-5-3-6-15-38)47-21-13-17-42-30-40-28-29-45(33-48(40)54(42)47)59-51-23-12-10-20-46(51)49-32-43-31-41-16-9-11-22-50(41)58(52(43)34-53(49)59)44-18-7-4-8-19-44/h3-24,26-29,32-34,36H,25,30-31,35H2,1-2H3. The fourth-order valence-corrected chi connectivity index (χ4v) is 9.44. The van der Waals surface area contributed by atoms with Gasteiger partial charge in [-0.25, -0.2) is 4.99 Å². The summed E-state index contributed by atoms with van der Waals surface area (Å²) in [6.07, 6.45) is 9.62. The quantitative estimate of drug-likeness (QED) is 0.123. The number of hydrogen-bond donors (Lipinski definition) is 0. The molecule has 0 fully saturated rings. The zero-order chi connectivity index (χ0) is 39.5. The van der Waals surface area contributed by atoms with Gasteiger partial charge in [-0.05, 0) is 119 Å². The lowest BCUT2D eigenvalue weighted by Gasteiger charge is -2.33. The SMILES string of the molecule is CC(=NC(=NCc1ccccc1)c1cccc2c1-c1cc(-n3c4ccccc4c4cc5c(cc43)N(c3ccccc3)c3ccccc3C5)ccc1C2)C1=CCC(C)C=C1. The molecule has 0 saturated carbocycles. The molecular weight excluding hydrogens is 717 g/mol. The Balaban J connectivity index is 1.08. The van der Waals surface area contributed by atoms with Crippen molar-refractivity contribution in [3.05, 3.63) is 215 Å². The summed E-state index contributed by atoms with van der Waals surface area (Å²) in [7, 11) is 0. The van der Waals surface area contributed by atoms with Gasteiger partial charge in [0.1, 0.15) is 0 Å². The van der Waals surface area contributed by atoms with E-state index in [-0.39, 0.29) is 0 Å². The fourth-order valence-electron chi connectivity index (χ4n) is 9.44. The third-order valence-electron chi connectivity index (χ3n) is 12.4. The molecule has 0 N–H and O–H groups in total. The Morgan fingerprint density at radius 2 is 1.39 bits per heavy atom. The summed E-state index contributed by atoms with van der Waals surface area (Å²) < 4.78 is 2.48. The van der Waals surface area contributed by atoms with Crippen molar-refractivity contribution < 1.29 is 0 Å². The lowest BCUT2D eigenvalue weighted by Crippen LogP contribution is -2.18. The van der Waals surface area contributed by atoms with E-state index in [2.05, 4.69) is 199 Å². The molecule has 0 amide bonds. The minimum Gasteiger partial charge on any atom is -0.310 e. The molecule has 8 aromatic rings. The van der Waals surface area contributed by atoms with Crippen molar-refractivity contribution in [1.29, 1.82) is 0 Å². The summed E-state index contributed by atoms with van der Waals surface area (Å²) in [5.41, 5.74) is 19.4. The smallest absolute Gasteiger partial charge is 0.155 e. The number of para-hydroxylation sites is 3. The van der Waals surface area contributed by atoms with Crippen molar-refractivity contribution in [2.75, 3.05) is 4.90 Å². The molecule has 284 valence electrons. The molecular formula is C55H44N4. The molecule has 0 radical (unpaired) electrons. The van der Waals surface area contributed by atoms with Gasteiger partial charge in [0.25, 0.3) is 0 Å². The van der Waals surface area contributed by atoms with Crippen LogP contribution >= 0.6 is 0 Å². The van der Waals surface area contributed by atoms with Crippen LogP contribution in [0.5, 0.6) is 0 Å². The van der Waals surface area contributed by atoms with E-state index in [0.717, 1.165) is 47.7 Å². The molecule has 1 aliphatic heterocycles. The average molecular weight is 761 g/mol. The maximum absolute atomic E-state index is 5.34. The fraction of sp³-hybridized carbons (Fsp3) is 0.127. The van der Waals surface area contributed by atoms with Gasteiger partial charge >= 0.3 is 0 Å². The second kappa shape index (κ2) is 14.4. The Morgan fingerprint density at radius 1 is 0.627 bits per heavy atom. The summed E-state index contributed by atoms with van der Waals surface area (Å²) in [6.45, 7) is 4.94. The van der Waals surface area contributed by atoms with E-state index in [4.69, 9.17) is 9.98 Å². The highest BCUT2D eigenvalue weighted by Crippen LogP contribution is 2.48. The lowest BCUT2D eigenvalue weighted by atomic mass is 9.93. The first-order valence-electron chi connectivity index (χ1n) is 20.8. The highest BCUT2D eigenvalue weighted by atomic mass is 15.2. The summed E-state index contributed by atoms with van der Waals surface area (Å²) in [5.74, 6) is 1.32. The highest BCUT2D eigenvalue weighted by Gasteiger charge is 2.28. The van der Waals surface area contributed by atoms with E-state index in [9.17, 15) is 0 Å². The van der Waals surface area contributed by atoms with Crippen molar-refractivity contribution >= 4 is 50.4 Å². The number of anilines is 3. The molecule has 59 heavy (non-hydrogen) atoms. The number of aliphatic imine (C=N–C) groups is 2. The first-order valence-corrected chi connectivity index (χ1v) is 20.8. The predicted octanol–water partition coefficient (Wildman–Crippen LogP) is 13.7. The largest absolute Gasteiger partial charge is 0.310 e. The second-order valence-electron chi connectivity index (χ2n) is 16.2. The van der Waals surface area contributed by atoms with E-state index in [1.807, 2.05) is 0 Å². The number of allylic oxidation sites excluding steroid dienone is 4. The maximum Gasteiger partial charge on any atom is 0.155 e. The molecule has 2 heterocycles. The van der Waals surface area contributed by atoms with E-state index in [1.165, 1.54) is 77.7 Å². The van der Waals surface area contributed by atoms with Crippen LogP contribution in [-0.4, -0.2) is 16.1 Å². The van der Waals surface area contributed by atoms with Gasteiger partial charge in [0.15, 0.2) is 5.84 Å². The van der Waals surface area contributed by atoms with E-state index in [0.29, 0.717) is 12.5 Å². The Labute approximate surface area is 345 Å². The normalized spacial score (nSPS) is 15.9. The van der Waals surface area contributed by atoms with Crippen LogP contribution in [0.3, 0.4) is 0 Å². The molecule has 1 atom stereocenters. The van der Waals surface area contributed by atoms with Crippen LogP contribution in [0.4, 0.5) is 17.1 Å². The van der Waals surface area contributed by atoms with E-state index in [1.54, 1.807) is 0 Å². The Kier molecular flexibility index (Phi) is 8.58. The molecule has 3 aliphatic rings. The monoisotopic (exact) mass is 760 g/mol. The molecule has 11 rings (SSSR count). The van der Waals surface area contributed by atoms with Gasteiger partial charge in [-0.3, -0.25) is 4.99 Å². The van der Waals surface area contributed by atoms with E-state index < -0.39 is 0 Å². The van der Waals surface area contributed by atoms with Crippen LogP contribution in [0.2, 0.25) is 0 Å². The molecule has 1 aromatic heterocycles. The van der Waals surface area contributed by atoms with Crippen molar-refractivity contribution in [1.82, 2.24) is 4.57 Å². The number of amidine groups is 1. The van der Waals surface area contributed by atoms with Crippen molar-refractivity contribution in [3.8, 4) is 16.8 Å². The minimum absolute atomic E-state index is 0.542. The summed E-state index contributed by atoms with van der Waals surface area (Å²) in [6, 6.07) is 57.6. The molecule has 1 unspecified atom stereocenters. The number of aromatic nitrogens is 1. The second-order valence-corrected chi connectivity index (χ2v) is 16.2. The van der Waals surface area contributed by atoms with Crippen LogP contribution < -0.4 is 4.90 Å². The number of rotatable bonds is 6. The Bertz CT molecular complexity index is 3070. The van der Waals surface area contributed by atoms with Gasteiger partial charge < -0.3 is 9.47 Å². The van der Waals surface area contributed by atoms with Gasteiger partial charge in [-0.15, -0.1) is 0 Å². The number of nitrogens with zero attached hydrogens (tertiary/aromatic N) is 4. The molecule has 7 aromatic carbocycles. The first-order chi connectivity index (χ1) is 29.1. The maximum atomic E-state index is 5.34. The molecule has 0 bridgehead atoms. The number of fused-ring (bicyclic) bond motifs is 8. The Morgan fingerprint density at radius 3 is 2.24 bits per heavy atom. The number of hydrogen-bond acceptors (Lipinski definition) is 2. The summed E-state index contributed by atoms with van der Waals surface area (Å²) in [4.78, 5) is 13.1. The van der Waals surface area contributed by atoms with E-state index >= 15 is 0 Å². The molecule has 4 nitrogen and oxygen atoms in total. The van der Waals surface area contributed by atoms with Gasteiger partial charge in [0.05, 0.1) is 23.3 Å². The van der Waals surface area contributed by atoms with Crippen molar-refractivity contribution in [2.24, 2.45) is 15.9 Å². The zero-order valence-electron chi connectivity index (χ0n) is 33.4. The zero-order valence-corrected chi connectivity index (χ0v) is 33.4. The van der Waals surface area contributed by atoms with Gasteiger partial charge in [-0.2, -0.15) is 0 Å². The van der Waals surface area contributed by atoms with Crippen molar-refractivity contribution in [2.45, 2.75) is 39.7 Å². The minimum atomic E-state index is 0.542. The topological polar surface area (TPSA) is 32.9 Å². The summed E-state index contributed by atoms with van der Waals surface area (Å²) in [5, 5.41) is 2.53. The van der Waals surface area contributed by atoms with Crippen LogP contribution in [0.1, 0.15) is 53.6 Å². The molecule has 0 saturated heterocycles. The van der Waals surface area contributed by atoms with Gasteiger partial charge in [0, 0.05) is 45.5 Å². The Hall–Kier alpha value is -7.04. The van der Waals surface area contributed by atoms with Crippen molar-refractivity contribution in [3.63, 3.8) is 0 Å². The van der Waals surface area contributed by atoms with Gasteiger partial charge in [0.2, 0.25) is 0 Å². The van der Waals surface area contributed by atoms with Crippen LogP contribution in [0, 0.1) is 5.92 Å². The highest BCUT2D eigenvalue weighted by molar-refractivity contribution is 6.16. The number of benzene rings is 7. The van der Waals surface area contributed by atoms with Crippen LogP contribution in [0.25, 0.3) is 38.6 Å².